The number of nitrogens with one attached hydrogen (secondary N) is 1. The number of ether oxygens (including phenoxy) is 1. The van der Waals surface area contributed by atoms with Gasteiger partial charge in [-0.05, 0) is 42.2 Å². The average molecular weight is 380 g/mol. The highest BCUT2D eigenvalue weighted by molar-refractivity contribution is 7.98. The summed E-state index contributed by atoms with van der Waals surface area (Å²) in [5, 5.41) is 13.0. The predicted molar refractivity (Wildman–Crippen MR) is 103 cm³/mol. The van der Waals surface area contributed by atoms with Gasteiger partial charge in [0.25, 0.3) is 0 Å². The maximum atomic E-state index is 11.3. The number of thioether (sulfide) groups is 1. The SMILES string of the molecule is CSCCC(NCc1cccc(OCc2ccccc2Cl)c1)C(=O)O. The molecule has 0 aliphatic carbocycles. The van der Waals surface area contributed by atoms with E-state index in [1.54, 1.807) is 11.8 Å². The second-order valence-electron chi connectivity index (χ2n) is 5.58. The van der Waals surface area contributed by atoms with Crippen LogP contribution in [0, 0.1) is 0 Å². The molecule has 0 amide bonds. The van der Waals surface area contributed by atoms with E-state index in [4.69, 9.17) is 16.3 Å². The first-order valence-electron chi connectivity index (χ1n) is 8.00. The number of carbonyl (C=O) groups is 1. The Labute approximate surface area is 157 Å². The molecule has 0 bridgehead atoms. The Morgan fingerprint density at radius 1 is 1.28 bits per heavy atom. The lowest BCUT2D eigenvalue weighted by atomic mass is 10.1. The molecule has 0 aliphatic heterocycles. The van der Waals surface area contributed by atoms with E-state index in [0.717, 1.165) is 22.6 Å². The minimum absolute atomic E-state index is 0.391. The highest BCUT2D eigenvalue weighted by Gasteiger charge is 2.15. The van der Waals surface area contributed by atoms with Crippen LogP contribution in [-0.4, -0.2) is 29.1 Å². The van der Waals surface area contributed by atoms with Gasteiger partial charge >= 0.3 is 5.97 Å². The quantitative estimate of drug-likeness (QED) is 0.647. The van der Waals surface area contributed by atoms with Crippen LogP contribution in [0.2, 0.25) is 5.02 Å². The Bertz CT molecular complexity index is 696. The summed E-state index contributed by atoms with van der Waals surface area (Å²) < 4.78 is 5.80. The van der Waals surface area contributed by atoms with E-state index in [1.807, 2.05) is 54.8 Å². The third-order valence-corrected chi connectivity index (χ3v) is 4.72. The van der Waals surface area contributed by atoms with E-state index < -0.39 is 12.0 Å². The number of aliphatic carboxylic acids is 1. The number of benzene rings is 2. The van der Waals surface area contributed by atoms with Gasteiger partial charge in [-0.1, -0.05) is 41.9 Å². The van der Waals surface area contributed by atoms with E-state index in [9.17, 15) is 9.90 Å². The van der Waals surface area contributed by atoms with Crippen LogP contribution in [0.25, 0.3) is 0 Å². The number of hydrogen-bond donors (Lipinski definition) is 2. The molecular weight excluding hydrogens is 358 g/mol. The smallest absolute Gasteiger partial charge is 0.320 e. The maximum absolute atomic E-state index is 11.3. The van der Waals surface area contributed by atoms with Gasteiger partial charge in [-0.3, -0.25) is 4.79 Å². The van der Waals surface area contributed by atoms with Gasteiger partial charge in [0.15, 0.2) is 0 Å². The van der Waals surface area contributed by atoms with Crippen LogP contribution in [0.15, 0.2) is 48.5 Å². The van der Waals surface area contributed by atoms with Gasteiger partial charge in [0.05, 0.1) is 0 Å². The molecule has 0 saturated carbocycles. The number of halogens is 1. The summed E-state index contributed by atoms with van der Waals surface area (Å²) in [6.45, 7) is 0.872. The molecule has 4 nitrogen and oxygen atoms in total. The van der Waals surface area contributed by atoms with Crippen molar-refractivity contribution in [3.63, 3.8) is 0 Å². The fraction of sp³-hybridized carbons (Fsp3) is 0.316. The highest BCUT2D eigenvalue weighted by atomic mass is 35.5. The van der Waals surface area contributed by atoms with Crippen LogP contribution in [0.4, 0.5) is 0 Å². The lowest BCUT2D eigenvalue weighted by molar-refractivity contribution is -0.139. The third kappa shape index (κ3) is 6.61. The molecule has 0 aliphatic rings. The summed E-state index contributed by atoms with van der Waals surface area (Å²) in [6, 6.07) is 14.7. The number of hydrogen-bond acceptors (Lipinski definition) is 4. The van der Waals surface area contributed by atoms with Crippen molar-refractivity contribution >= 4 is 29.3 Å². The van der Waals surface area contributed by atoms with Gasteiger partial charge in [0, 0.05) is 17.1 Å². The van der Waals surface area contributed by atoms with Crippen LogP contribution in [0.5, 0.6) is 5.75 Å². The van der Waals surface area contributed by atoms with E-state index in [0.29, 0.717) is 24.6 Å². The Kier molecular flexibility index (Phi) is 8.12. The summed E-state index contributed by atoms with van der Waals surface area (Å²) in [5.41, 5.74) is 1.91. The van der Waals surface area contributed by atoms with E-state index in [1.165, 1.54) is 0 Å². The van der Waals surface area contributed by atoms with Crippen LogP contribution >= 0.6 is 23.4 Å². The zero-order valence-electron chi connectivity index (χ0n) is 14.1. The molecule has 0 fully saturated rings. The molecule has 25 heavy (non-hydrogen) atoms. The molecule has 6 heteroatoms. The first-order chi connectivity index (χ1) is 12.1. The van der Waals surface area contributed by atoms with Gasteiger partial charge in [-0.15, -0.1) is 0 Å². The van der Waals surface area contributed by atoms with Crippen LogP contribution in [0.3, 0.4) is 0 Å². The van der Waals surface area contributed by atoms with Gasteiger partial charge in [0.1, 0.15) is 18.4 Å². The lowest BCUT2D eigenvalue weighted by Crippen LogP contribution is -2.36. The summed E-state index contributed by atoms with van der Waals surface area (Å²) in [7, 11) is 0. The Hall–Kier alpha value is -1.69. The zero-order chi connectivity index (χ0) is 18.1. The minimum Gasteiger partial charge on any atom is -0.489 e. The normalized spacial score (nSPS) is 11.9. The fourth-order valence-corrected chi connectivity index (χ4v) is 2.97. The maximum Gasteiger partial charge on any atom is 0.320 e. The van der Waals surface area contributed by atoms with Crippen molar-refractivity contribution < 1.29 is 14.6 Å². The number of carboxylic acids is 1. The number of rotatable bonds is 10. The highest BCUT2D eigenvalue weighted by Crippen LogP contribution is 2.19. The van der Waals surface area contributed by atoms with Crippen LogP contribution in [-0.2, 0) is 17.9 Å². The van der Waals surface area contributed by atoms with E-state index in [2.05, 4.69) is 5.32 Å². The summed E-state index contributed by atoms with van der Waals surface area (Å²) in [5.74, 6) is 0.723. The first-order valence-corrected chi connectivity index (χ1v) is 9.77. The monoisotopic (exact) mass is 379 g/mol. The molecule has 2 aromatic rings. The Balaban J connectivity index is 1.92. The van der Waals surface area contributed by atoms with E-state index in [-0.39, 0.29) is 0 Å². The fourth-order valence-electron chi connectivity index (χ4n) is 2.31. The van der Waals surface area contributed by atoms with Crippen molar-refractivity contribution in [3.05, 3.63) is 64.7 Å². The molecule has 0 aromatic heterocycles. The molecule has 1 unspecified atom stereocenters. The van der Waals surface area contributed by atoms with Crippen molar-refractivity contribution in [3.8, 4) is 5.75 Å². The van der Waals surface area contributed by atoms with Crippen molar-refractivity contribution in [2.24, 2.45) is 0 Å². The standard InChI is InChI=1S/C19H22ClNO3S/c1-25-10-9-18(19(22)23)21-12-14-5-4-7-16(11-14)24-13-15-6-2-3-8-17(15)20/h2-8,11,18,21H,9-10,12-13H2,1H3,(H,22,23). The Morgan fingerprint density at radius 3 is 2.80 bits per heavy atom. The molecule has 2 N–H and O–H groups in total. The molecule has 2 aromatic carbocycles. The summed E-state index contributed by atoms with van der Waals surface area (Å²) in [6.07, 6.45) is 2.57. The molecule has 0 saturated heterocycles. The van der Waals surface area contributed by atoms with Crippen molar-refractivity contribution in [2.75, 3.05) is 12.0 Å². The Morgan fingerprint density at radius 2 is 2.08 bits per heavy atom. The second kappa shape index (κ2) is 10.3. The molecule has 0 radical (unpaired) electrons. The van der Waals surface area contributed by atoms with Crippen molar-refractivity contribution in [2.45, 2.75) is 25.6 Å². The molecule has 0 heterocycles. The average Bonchev–Trinajstić information content (AvgIpc) is 2.61. The largest absolute Gasteiger partial charge is 0.489 e. The van der Waals surface area contributed by atoms with Crippen LogP contribution < -0.4 is 10.1 Å². The van der Waals surface area contributed by atoms with Gasteiger partial charge in [-0.25, -0.2) is 0 Å². The van der Waals surface area contributed by atoms with Gasteiger partial charge in [0.2, 0.25) is 0 Å². The van der Waals surface area contributed by atoms with E-state index >= 15 is 0 Å². The summed E-state index contributed by atoms with van der Waals surface area (Å²) in [4.78, 5) is 11.3. The van der Waals surface area contributed by atoms with Gasteiger partial charge < -0.3 is 15.2 Å². The van der Waals surface area contributed by atoms with Crippen LogP contribution in [0.1, 0.15) is 17.5 Å². The lowest BCUT2D eigenvalue weighted by Gasteiger charge is -2.14. The van der Waals surface area contributed by atoms with Crippen molar-refractivity contribution in [1.29, 1.82) is 0 Å². The summed E-state index contributed by atoms with van der Waals surface area (Å²) >= 11 is 7.77. The third-order valence-electron chi connectivity index (χ3n) is 3.71. The molecule has 134 valence electrons. The van der Waals surface area contributed by atoms with Gasteiger partial charge in [-0.2, -0.15) is 11.8 Å². The topological polar surface area (TPSA) is 58.6 Å². The second-order valence-corrected chi connectivity index (χ2v) is 6.97. The molecule has 1 atom stereocenters. The molecular formula is C19H22ClNO3S. The molecule has 0 spiro atoms. The minimum atomic E-state index is -0.819. The number of carboxylic acid groups (broad SMARTS) is 1. The first kappa shape index (κ1) is 19.6. The van der Waals surface area contributed by atoms with Crippen molar-refractivity contribution in [1.82, 2.24) is 5.32 Å². The zero-order valence-corrected chi connectivity index (χ0v) is 15.6. The predicted octanol–water partition coefficient (Wildman–Crippen LogP) is 4.21. The molecule has 2 rings (SSSR count).